The zero-order valence-corrected chi connectivity index (χ0v) is 9.19. The van der Waals surface area contributed by atoms with Crippen molar-refractivity contribution in [1.29, 1.82) is 0 Å². The molecular formula is C9H5BrClNO2. The lowest BCUT2D eigenvalue weighted by Crippen LogP contribution is -2.04. The second kappa shape index (κ2) is 3.29. The third-order valence-electron chi connectivity index (χ3n) is 1.86. The smallest absolute Gasteiger partial charge is 0.290 e. The average molecular weight is 275 g/mol. The van der Waals surface area contributed by atoms with Gasteiger partial charge in [0.05, 0.1) is 10.5 Å². The van der Waals surface area contributed by atoms with E-state index in [2.05, 4.69) is 20.9 Å². The van der Waals surface area contributed by atoms with Crippen LogP contribution >= 0.6 is 27.5 Å². The Morgan fingerprint density at radius 2 is 2.07 bits per heavy atom. The Bertz CT molecular complexity index is 564. The fraction of sp³-hybridized carbons (Fsp3) is 0. The van der Waals surface area contributed by atoms with E-state index < -0.39 is 5.56 Å². The zero-order valence-electron chi connectivity index (χ0n) is 6.84. The Hall–Kier alpha value is -1.00. The summed E-state index contributed by atoms with van der Waals surface area (Å²) in [4.78, 5) is 13.6. The standard InChI is InChI=1S/C9H5BrClNO2/c10-4-1-6(11)5-3-8(13)9(14)12-7(5)2-4/h1-3,13H,(H,12,14). The predicted molar refractivity (Wildman–Crippen MR) is 58.9 cm³/mol. The monoisotopic (exact) mass is 273 g/mol. The van der Waals surface area contributed by atoms with Crippen LogP contribution in [0.2, 0.25) is 5.02 Å². The first kappa shape index (κ1) is 9.55. The van der Waals surface area contributed by atoms with Crippen LogP contribution in [0, 0.1) is 0 Å². The van der Waals surface area contributed by atoms with E-state index >= 15 is 0 Å². The van der Waals surface area contributed by atoms with Gasteiger partial charge in [-0.1, -0.05) is 27.5 Å². The fourth-order valence-corrected chi connectivity index (χ4v) is 2.09. The summed E-state index contributed by atoms with van der Waals surface area (Å²) in [6, 6.07) is 4.77. The third kappa shape index (κ3) is 1.51. The van der Waals surface area contributed by atoms with Crippen molar-refractivity contribution in [2.24, 2.45) is 0 Å². The van der Waals surface area contributed by atoms with Gasteiger partial charge in [-0.2, -0.15) is 0 Å². The van der Waals surface area contributed by atoms with E-state index in [0.717, 1.165) is 4.47 Å². The van der Waals surface area contributed by atoms with Gasteiger partial charge in [-0.25, -0.2) is 0 Å². The Balaban J connectivity index is 2.96. The molecule has 0 amide bonds. The van der Waals surface area contributed by atoms with Crippen molar-refractivity contribution in [3.8, 4) is 5.75 Å². The molecule has 0 saturated heterocycles. The molecule has 1 aromatic carbocycles. The van der Waals surface area contributed by atoms with E-state index in [-0.39, 0.29) is 5.75 Å². The van der Waals surface area contributed by atoms with Gasteiger partial charge in [-0.15, -0.1) is 0 Å². The molecule has 0 aliphatic heterocycles. The van der Waals surface area contributed by atoms with Gasteiger partial charge < -0.3 is 10.1 Å². The van der Waals surface area contributed by atoms with Crippen LogP contribution in [0.25, 0.3) is 10.9 Å². The summed E-state index contributed by atoms with van der Waals surface area (Å²) in [7, 11) is 0. The molecule has 5 heteroatoms. The Kier molecular flexibility index (Phi) is 2.25. The van der Waals surface area contributed by atoms with Crippen molar-refractivity contribution in [2.45, 2.75) is 0 Å². The first-order valence-corrected chi connectivity index (χ1v) is 4.96. The largest absolute Gasteiger partial charge is 0.503 e. The van der Waals surface area contributed by atoms with Crippen LogP contribution in [-0.4, -0.2) is 10.1 Å². The van der Waals surface area contributed by atoms with Crippen molar-refractivity contribution in [3.63, 3.8) is 0 Å². The summed E-state index contributed by atoms with van der Waals surface area (Å²) in [6.07, 6.45) is 0. The van der Waals surface area contributed by atoms with Crippen LogP contribution in [0.15, 0.2) is 27.5 Å². The van der Waals surface area contributed by atoms with Gasteiger partial charge >= 0.3 is 0 Å². The van der Waals surface area contributed by atoms with Crippen LogP contribution in [-0.2, 0) is 0 Å². The average Bonchev–Trinajstić information content (AvgIpc) is 2.08. The fourth-order valence-electron chi connectivity index (χ4n) is 1.22. The van der Waals surface area contributed by atoms with E-state index in [4.69, 9.17) is 11.6 Å². The molecule has 0 aliphatic rings. The number of aromatic hydroxyl groups is 1. The summed E-state index contributed by atoms with van der Waals surface area (Å²) in [5, 5.41) is 10.3. The number of aromatic nitrogens is 1. The molecule has 0 unspecified atom stereocenters. The number of H-pyrrole nitrogens is 1. The summed E-state index contributed by atoms with van der Waals surface area (Å²) in [5.41, 5.74) is 0.0684. The maximum absolute atomic E-state index is 11.1. The van der Waals surface area contributed by atoms with Crippen LogP contribution in [0.4, 0.5) is 0 Å². The van der Waals surface area contributed by atoms with Gasteiger partial charge in [0.2, 0.25) is 0 Å². The molecule has 0 aliphatic carbocycles. The van der Waals surface area contributed by atoms with E-state index in [9.17, 15) is 9.90 Å². The Morgan fingerprint density at radius 1 is 1.36 bits per heavy atom. The number of halogens is 2. The van der Waals surface area contributed by atoms with Crippen molar-refractivity contribution >= 4 is 38.4 Å². The molecule has 72 valence electrons. The van der Waals surface area contributed by atoms with Crippen molar-refractivity contribution < 1.29 is 5.11 Å². The molecule has 2 rings (SSSR count). The number of pyridine rings is 1. The van der Waals surface area contributed by atoms with Gasteiger partial charge in [0.1, 0.15) is 0 Å². The van der Waals surface area contributed by atoms with E-state index in [0.29, 0.717) is 15.9 Å². The summed E-state index contributed by atoms with van der Waals surface area (Å²) >= 11 is 9.18. The summed E-state index contributed by atoms with van der Waals surface area (Å²) < 4.78 is 0.774. The molecule has 0 fully saturated rings. The normalized spacial score (nSPS) is 10.7. The van der Waals surface area contributed by atoms with E-state index in [1.54, 1.807) is 12.1 Å². The van der Waals surface area contributed by atoms with Crippen molar-refractivity contribution in [3.05, 3.63) is 38.0 Å². The van der Waals surface area contributed by atoms with Gasteiger partial charge in [-0.05, 0) is 18.2 Å². The molecule has 1 heterocycles. The molecule has 0 saturated carbocycles. The number of fused-ring (bicyclic) bond motifs is 1. The zero-order chi connectivity index (χ0) is 10.3. The Morgan fingerprint density at radius 3 is 2.79 bits per heavy atom. The minimum absolute atomic E-state index is 0.332. The SMILES string of the molecule is O=c1[nH]c2cc(Br)cc(Cl)c2cc1O. The number of aromatic amines is 1. The minimum atomic E-state index is -0.522. The molecule has 0 atom stereocenters. The first-order valence-electron chi connectivity index (χ1n) is 3.79. The van der Waals surface area contributed by atoms with Crippen LogP contribution in [0.5, 0.6) is 5.75 Å². The molecule has 2 N–H and O–H groups in total. The van der Waals surface area contributed by atoms with Crippen molar-refractivity contribution in [1.82, 2.24) is 4.98 Å². The first-order chi connectivity index (χ1) is 6.58. The molecule has 2 aromatic rings. The highest BCUT2D eigenvalue weighted by molar-refractivity contribution is 9.10. The highest BCUT2D eigenvalue weighted by atomic mass is 79.9. The van der Waals surface area contributed by atoms with Gasteiger partial charge in [0.15, 0.2) is 5.75 Å². The summed E-state index contributed by atoms with van der Waals surface area (Å²) in [6.45, 7) is 0. The van der Waals surface area contributed by atoms with Crippen LogP contribution in [0.3, 0.4) is 0 Å². The highest BCUT2D eigenvalue weighted by Gasteiger charge is 2.05. The molecule has 0 radical (unpaired) electrons. The van der Waals surface area contributed by atoms with Gasteiger partial charge in [-0.3, -0.25) is 4.79 Å². The molecular weight excluding hydrogens is 269 g/mol. The highest BCUT2D eigenvalue weighted by Crippen LogP contribution is 2.27. The number of hydrogen-bond donors (Lipinski definition) is 2. The van der Waals surface area contributed by atoms with Crippen LogP contribution < -0.4 is 5.56 Å². The predicted octanol–water partition coefficient (Wildman–Crippen LogP) is 2.65. The molecule has 14 heavy (non-hydrogen) atoms. The number of benzene rings is 1. The van der Waals surface area contributed by atoms with Gasteiger partial charge in [0, 0.05) is 9.86 Å². The lowest BCUT2D eigenvalue weighted by Gasteiger charge is -2.01. The Labute approximate surface area is 92.5 Å². The third-order valence-corrected chi connectivity index (χ3v) is 2.63. The lowest BCUT2D eigenvalue weighted by atomic mass is 10.2. The quantitative estimate of drug-likeness (QED) is 0.776. The second-order valence-corrected chi connectivity index (χ2v) is 4.16. The van der Waals surface area contributed by atoms with Crippen molar-refractivity contribution in [2.75, 3.05) is 0 Å². The van der Waals surface area contributed by atoms with Crippen LogP contribution in [0.1, 0.15) is 0 Å². The number of hydrogen-bond acceptors (Lipinski definition) is 2. The maximum Gasteiger partial charge on any atom is 0.290 e. The topological polar surface area (TPSA) is 53.1 Å². The molecule has 1 aromatic heterocycles. The number of rotatable bonds is 0. The molecule has 0 bridgehead atoms. The maximum atomic E-state index is 11.1. The molecule has 3 nitrogen and oxygen atoms in total. The van der Waals surface area contributed by atoms with Gasteiger partial charge in [0.25, 0.3) is 5.56 Å². The second-order valence-electron chi connectivity index (χ2n) is 2.83. The minimum Gasteiger partial charge on any atom is -0.503 e. The lowest BCUT2D eigenvalue weighted by molar-refractivity contribution is 0.468. The van der Waals surface area contributed by atoms with E-state index in [1.807, 2.05) is 0 Å². The molecule has 0 spiro atoms. The van der Waals surface area contributed by atoms with E-state index in [1.165, 1.54) is 6.07 Å². The number of nitrogens with one attached hydrogen (secondary N) is 1. The summed E-state index contributed by atoms with van der Waals surface area (Å²) in [5.74, 6) is -0.332.